The maximum Gasteiger partial charge on any atom is 0.332 e. The highest BCUT2D eigenvalue weighted by molar-refractivity contribution is 5.97. The zero-order chi connectivity index (χ0) is 15.2. The van der Waals surface area contributed by atoms with Crippen LogP contribution in [0.4, 0.5) is 5.69 Å². The molecule has 1 aromatic carbocycles. The second kappa shape index (κ2) is 7.22. The summed E-state index contributed by atoms with van der Waals surface area (Å²) in [5, 5.41) is 8.96. The van der Waals surface area contributed by atoms with Crippen LogP contribution in [0.3, 0.4) is 0 Å². The quantitative estimate of drug-likeness (QED) is 0.874. The predicted molar refractivity (Wildman–Crippen MR) is 79.2 cm³/mol. The van der Waals surface area contributed by atoms with E-state index in [1.807, 2.05) is 30.3 Å². The average molecular weight is 291 g/mol. The van der Waals surface area contributed by atoms with Crippen molar-refractivity contribution in [2.75, 3.05) is 11.4 Å². The topological polar surface area (TPSA) is 66.8 Å². The van der Waals surface area contributed by atoms with Gasteiger partial charge in [-0.25, -0.2) is 4.79 Å². The molecule has 114 valence electrons. The number of anilines is 1. The van der Waals surface area contributed by atoms with Crippen LogP contribution in [0.25, 0.3) is 0 Å². The number of amides is 1. The second-order valence-corrected chi connectivity index (χ2v) is 5.21. The lowest BCUT2D eigenvalue weighted by atomic mass is 10.1. The largest absolute Gasteiger partial charge is 0.479 e. The van der Waals surface area contributed by atoms with E-state index in [1.165, 1.54) is 0 Å². The molecule has 2 atom stereocenters. The van der Waals surface area contributed by atoms with E-state index in [-0.39, 0.29) is 5.91 Å². The Kier molecular flexibility index (Phi) is 5.33. The number of carbonyl (C=O) groups is 2. The lowest BCUT2D eigenvalue weighted by Crippen LogP contribution is -2.40. The molecule has 2 unspecified atom stereocenters. The number of rotatable bonds is 6. The Morgan fingerprint density at radius 2 is 1.90 bits per heavy atom. The maximum atomic E-state index is 12.6. The van der Waals surface area contributed by atoms with E-state index in [4.69, 9.17) is 9.84 Å². The van der Waals surface area contributed by atoms with Gasteiger partial charge in [-0.2, -0.15) is 0 Å². The van der Waals surface area contributed by atoms with Crippen molar-refractivity contribution in [3.05, 3.63) is 30.3 Å². The molecule has 1 aromatic rings. The Morgan fingerprint density at radius 3 is 2.48 bits per heavy atom. The summed E-state index contributed by atoms with van der Waals surface area (Å²) in [5.41, 5.74) is 0.832. The number of hydrogen-bond donors (Lipinski definition) is 1. The summed E-state index contributed by atoms with van der Waals surface area (Å²) in [6, 6.07) is 9.45. The van der Waals surface area contributed by atoms with Crippen LogP contribution in [-0.4, -0.2) is 35.7 Å². The molecular formula is C16H21NO4. The Morgan fingerprint density at radius 1 is 1.24 bits per heavy atom. The normalized spacial score (nSPS) is 21.2. The number of carboxylic acids is 1. The highest BCUT2D eigenvalue weighted by Gasteiger charge is 2.37. The lowest BCUT2D eigenvalue weighted by Gasteiger charge is -2.25. The first-order chi connectivity index (χ1) is 10.1. The van der Waals surface area contributed by atoms with Gasteiger partial charge in [-0.1, -0.05) is 31.5 Å². The number of para-hydroxylation sites is 1. The van der Waals surface area contributed by atoms with Gasteiger partial charge in [0.1, 0.15) is 6.10 Å². The van der Waals surface area contributed by atoms with Crippen molar-refractivity contribution in [3.8, 4) is 0 Å². The molecule has 2 rings (SSSR count). The fourth-order valence-electron chi connectivity index (χ4n) is 2.46. The highest BCUT2D eigenvalue weighted by Crippen LogP contribution is 2.24. The van der Waals surface area contributed by atoms with Gasteiger partial charge in [0.25, 0.3) is 5.91 Å². The van der Waals surface area contributed by atoms with Crippen molar-refractivity contribution in [3.63, 3.8) is 0 Å². The SMILES string of the molecule is CCCCN(C(=O)C1CCC(C(=O)O)O1)c1ccccc1. The predicted octanol–water partition coefficient (Wildman–Crippen LogP) is 2.45. The summed E-state index contributed by atoms with van der Waals surface area (Å²) in [7, 11) is 0. The third-order valence-corrected chi connectivity index (χ3v) is 3.64. The summed E-state index contributed by atoms with van der Waals surface area (Å²) < 4.78 is 5.38. The van der Waals surface area contributed by atoms with Crippen LogP contribution in [0.1, 0.15) is 32.6 Å². The molecule has 1 saturated heterocycles. The lowest BCUT2D eigenvalue weighted by molar-refractivity contribution is -0.151. The van der Waals surface area contributed by atoms with Crippen molar-refractivity contribution >= 4 is 17.6 Å². The third kappa shape index (κ3) is 3.82. The van der Waals surface area contributed by atoms with E-state index in [0.717, 1.165) is 18.5 Å². The van der Waals surface area contributed by atoms with Crippen LogP contribution in [0.2, 0.25) is 0 Å². The number of carbonyl (C=O) groups excluding carboxylic acids is 1. The molecule has 1 amide bonds. The fourth-order valence-corrected chi connectivity index (χ4v) is 2.46. The van der Waals surface area contributed by atoms with Crippen molar-refractivity contribution in [2.24, 2.45) is 0 Å². The van der Waals surface area contributed by atoms with Gasteiger partial charge in [0.05, 0.1) is 0 Å². The van der Waals surface area contributed by atoms with Crippen LogP contribution >= 0.6 is 0 Å². The average Bonchev–Trinajstić information content (AvgIpc) is 2.98. The molecule has 0 radical (unpaired) electrons. The van der Waals surface area contributed by atoms with Gasteiger partial charge in [-0.15, -0.1) is 0 Å². The number of benzene rings is 1. The molecule has 1 N–H and O–H groups in total. The van der Waals surface area contributed by atoms with Gasteiger partial charge in [-0.3, -0.25) is 4.79 Å². The van der Waals surface area contributed by atoms with E-state index in [2.05, 4.69) is 6.92 Å². The molecular weight excluding hydrogens is 270 g/mol. The molecule has 0 aliphatic carbocycles. The Hall–Kier alpha value is -1.88. The number of ether oxygens (including phenoxy) is 1. The highest BCUT2D eigenvalue weighted by atomic mass is 16.5. The van der Waals surface area contributed by atoms with Crippen molar-refractivity contribution < 1.29 is 19.4 Å². The number of carboxylic acid groups (broad SMARTS) is 1. The first-order valence-corrected chi connectivity index (χ1v) is 7.38. The Bertz CT molecular complexity index is 488. The Balaban J connectivity index is 2.10. The van der Waals surface area contributed by atoms with Crippen molar-refractivity contribution in [1.29, 1.82) is 0 Å². The van der Waals surface area contributed by atoms with Crippen LogP contribution < -0.4 is 4.90 Å². The van der Waals surface area contributed by atoms with Crippen LogP contribution in [-0.2, 0) is 14.3 Å². The Labute approximate surface area is 124 Å². The monoisotopic (exact) mass is 291 g/mol. The number of hydrogen-bond acceptors (Lipinski definition) is 3. The summed E-state index contributed by atoms with van der Waals surface area (Å²) in [5.74, 6) is -1.14. The van der Waals surface area contributed by atoms with Gasteiger partial charge in [-0.05, 0) is 31.4 Å². The van der Waals surface area contributed by atoms with E-state index in [1.54, 1.807) is 4.90 Å². The van der Waals surface area contributed by atoms with Crippen LogP contribution in [0.15, 0.2) is 30.3 Å². The number of nitrogens with zero attached hydrogens (tertiary/aromatic N) is 1. The first-order valence-electron chi connectivity index (χ1n) is 7.38. The van der Waals surface area contributed by atoms with Crippen molar-refractivity contribution in [1.82, 2.24) is 0 Å². The molecule has 1 aliphatic heterocycles. The first kappa shape index (κ1) is 15.5. The minimum Gasteiger partial charge on any atom is -0.479 e. The van der Waals surface area contributed by atoms with Gasteiger partial charge in [0.15, 0.2) is 6.10 Å². The summed E-state index contributed by atoms with van der Waals surface area (Å²) in [6.07, 6.45) is 1.23. The minimum atomic E-state index is -0.995. The molecule has 0 spiro atoms. The number of unbranched alkanes of at least 4 members (excludes halogenated alkanes) is 1. The van der Waals surface area contributed by atoms with E-state index in [0.29, 0.717) is 19.4 Å². The standard InChI is InChI=1S/C16H21NO4/c1-2-3-11-17(12-7-5-4-6-8-12)15(18)13-9-10-14(21-13)16(19)20/h4-8,13-14H,2-3,9-11H2,1H3,(H,19,20). The van der Waals surface area contributed by atoms with E-state index in [9.17, 15) is 9.59 Å². The summed E-state index contributed by atoms with van der Waals surface area (Å²) >= 11 is 0. The smallest absolute Gasteiger partial charge is 0.332 e. The van der Waals surface area contributed by atoms with Crippen LogP contribution in [0, 0.1) is 0 Å². The molecule has 1 aliphatic rings. The fraction of sp³-hybridized carbons (Fsp3) is 0.500. The molecule has 0 aromatic heterocycles. The third-order valence-electron chi connectivity index (χ3n) is 3.64. The zero-order valence-electron chi connectivity index (χ0n) is 12.2. The van der Waals surface area contributed by atoms with Gasteiger partial charge >= 0.3 is 5.97 Å². The zero-order valence-corrected chi connectivity index (χ0v) is 12.2. The molecule has 5 heteroatoms. The van der Waals surface area contributed by atoms with Gasteiger partial charge in [0, 0.05) is 12.2 Å². The van der Waals surface area contributed by atoms with Gasteiger partial charge < -0.3 is 14.7 Å². The van der Waals surface area contributed by atoms with Crippen molar-refractivity contribution in [2.45, 2.75) is 44.8 Å². The van der Waals surface area contributed by atoms with Gasteiger partial charge in [0.2, 0.25) is 0 Å². The minimum absolute atomic E-state index is 0.140. The molecule has 1 heterocycles. The van der Waals surface area contributed by atoms with Crippen LogP contribution in [0.5, 0.6) is 0 Å². The number of aliphatic carboxylic acids is 1. The second-order valence-electron chi connectivity index (χ2n) is 5.21. The molecule has 21 heavy (non-hydrogen) atoms. The summed E-state index contributed by atoms with van der Waals surface area (Å²) in [4.78, 5) is 25.3. The molecule has 5 nitrogen and oxygen atoms in total. The molecule has 0 bridgehead atoms. The van der Waals surface area contributed by atoms with E-state index < -0.39 is 18.2 Å². The summed E-state index contributed by atoms with van der Waals surface area (Å²) in [6.45, 7) is 2.69. The molecule has 1 fully saturated rings. The molecule has 0 saturated carbocycles. The maximum absolute atomic E-state index is 12.6. The van der Waals surface area contributed by atoms with E-state index >= 15 is 0 Å².